The van der Waals surface area contributed by atoms with E-state index < -0.39 is 0 Å². The number of aromatic nitrogens is 3. The Balaban J connectivity index is 2.17. The first kappa shape index (κ1) is 13.0. The molecule has 3 rings (SSSR count). The third-order valence-corrected chi connectivity index (χ3v) is 3.47. The zero-order valence-corrected chi connectivity index (χ0v) is 12.1. The maximum Gasteiger partial charge on any atom is 0.168 e. The first-order valence-corrected chi connectivity index (χ1v) is 7.23. The summed E-state index contributed by atoms with van der Waals surface area (Å²) in [6, 6.07) is 16.1. The summed E-state index contributed by atoms with van der Waals surface area (Å²) in [7, 11) is 0. The van der Waals surface area contributed by atoms with Crippen LogP contribution < -0.4 is 0 Å². The maximum absolute atomic E-state index is 13.0. The highest BCUT2D eigenvalue weighted by Crippen LogP contribution is 2.23. The van der Waals surface area contributed by atoms with Crippen molar-refractivity contribution >= 4 is 15.9 Å². The second kappa shape index (κ2) is 5.54. The van der Waals surface area contributed by atoms with Gasteiger partial charge in [-0.15, -0.1) is 10.2 Å². The number of halogens is 2. The Morgan fingerprint density at radius 2 is 1.65 bits per heavy atom. The molecular formula is C15H11BrFN3. The Kier molecular flexibility index (Phi) is 3.60. The lowest BCUT2D eigenvalue weighted by Crippen LogP contribution is -2.01. The van der Waals surface area contributed by atoms with Crippen molar-refractivity contribution in [2.24, 2.45) is 0 Å². The lowest BCUT2D eigenvalue weighted by molar-refractivity contribution is 0.628. The Morgan fingerprint density at radius 3 is 2.30 bits per heavy atom. The molecule has 100 valence electrons. The van der Waals surface area contributed by atoms with Gasteiger partial charge in [0, 0.05) is 11.3 Å². The predicted molar refractivity (Wildman–Crippen MR) is 79.4 cm³/mol. The largest absolute Gasteiger partial charge is 0.278 e. The molecule has 1 heterocycles. The summed E-state index contributed by atoms with van der Waals surface area (Å²) in [6.07, 6.45) is 0. The van der Waals surface area contributed by atoms with Gasteiger partial charge in [-0.25, -0.2) is 4.39 Å². The molecule has 0 aliphatic carbocycles. The lowest BCUT2D eigenvalue weighted by Gasteiger charge is -2.09. The van der Waals surface area contributed by atoms with Crippen LogP contribution in [0.25, 0.3) is 17.1 Å². The number of benzene rings is 2. The third kappa shape index (κ3) is 2.36. The highest BCUT2D eigenvalue weighted by atomic mass is 79.9. The number of para-hydroxylation sites is 1. The van der Waals surface area contributed by atoms with Crippen molar-refractivity contribution < 1.29 is 4.39 Å². The summed E-state index contributed by atoms with van der Waals surface area (Å²) < 4.78 is 15.0. The van der Waals surface area contributed by atoms with E-state index in [-0.39, 0.29) is 5.82 Å². The summed E-state index contributed by atoms with van der Waals surface area (Å²) in [4.78, 5) is 0. The average molecular weight is 332 g/mol. The SMILES string of the molecule is Fc1ccc(-c2nnc(CBr)n2-c2ccccc2)cc1. The second-order valence-electron chi connectivity index (χ2n) is 4.25. The van der Waals surface area contributed by atoms with E-state index in [9.17, 15) is 4.39 Å². The van der Waals surface area contributed by atoms with E-state index in [0.717, 1.165) is 17.1 Å². The van der Waals surface area contributed by atoms with Gasteiger partial charge in [0.1, 0.15) is 11.6 Å². The van der Waals surface area contributed by atoms with Crippen LogP contribution in [0, 0.1) is 5.82 Å². The van der Waals surface area contributed by atoms with Crippen LogP contribution in [-0.2, 0) is 5.33 Å². The van der Waals surface area contributed by atoms with Crippen molar-refractivity contribution in [3.63, 3.8) is 0 Å². The van der Waals surface area contributed by atoms with Gasteiger partial charge in [0.15, 0.2) is 5.82 Å². The molecule has 0 saturated heterocycles. The minimum atomic E-state index is -0.264. The maximum atomic E-state index is 13.0. The molecule has 0 amide bonds. The Labute approximate surface area is 124 Å². The van der Waals surface area contributed by atoms with E-state index >= 15 is 0 Å². The molecule has 0 atom stereocenters. The predicted octanol–water partition coefficient (Wildman–Crippen LogP) is 3.97. The zero-order chi connectivity index (χ0) is 13.9. The standard InChI is InChI=1S/C15H11BrFN3/c16-10-14-18-19-15(11-6-8-12(17)9-7-11)20(14)13-4-2-1-3-5-13/h1-9H,10H2. The van der Waals surface area contributed by atoms with E-state index in [2.05, 4.69) is 26.1 Å². The van der Waals surface area contributed by atoms with Crippen LogP contribution in [0.3, 0.4) is 0 Å². The van der Waals surface area contributed by atoms with Crippen molar-refractivity contribution in [1.29, 1.82) is 0 Å². The fourth-order valence-electron chi connectivity index (χ4n) is 2.04. The van der Waals surface area contributed by atoms with E-state index in [0.29, 0.717) is 11.2 Å². The van der Waals surface area contributed by atoms with Gasteiger partial charge in [-0.05, 0) is 36.4 Å². The van der Waals surface area contributed by atoms with Gasteiger partial charge in [-0.3, -0.25) is 4.57 Å². The summed E-state index contributed by atoms with van der Waals surface area (Å²) in [5.41, 5.74) is 1.81. The number of nitrogens with zero attached hydrogens (tertiary/aromatic N) is 3. The first-order valence-electron chi connectivity index (χ1n) is 6.11. The minimum absolute atomic E-state index is 0.264. The molecule has 0 radical (unpaired) electrons. The summed E-state index contributed by atoms with van der Waals surface area (Å²) >= 11 is 3.42. The Morgan fingerprint density at radius 1 is 0.950 bits per heavy atom. The second-order valence-corrected chi connectivity index (χ2v) is 4.81. The van der Waals surface area contributed by atoms with Gasteiger partial charge in [0.2, 0.25) is 0 Å². The highest BCUT2D eigenvalue weighted by molar-refractivity contribution is 9.08. The van der Waals surface area contributed by atoms with E-state index in [1.807, 2.05) is 34.9 Å². The lowest BCUT2D eigenvalue weighted by atomic mass is 10.2. The van der Waals surface area contributed by atoms with Gasteiger partial charge in [-0.1, -0.05) is 34.1 Å². The van der Waals surface area contributed by atoms with E-state index in [1.165, 1.54) is 12.1 Å². The number of hydrogen-bond donors (Lipinski definition) is 0. The molecule has 3 aromatic rings. The Hall–Kier alpha value is -2.01. The quantitative estimate of drug-likeness (QED) is 0.680. The molecule has 0 bridgehead atoms. The average Bonchev–Trinajstić information content (AvgIpc) is 2.93. The number of alkyl halides is 1. The molecule has 3 nitrogen and oxygen atoms in total. The molecule has 20 heavy (non-hydrogen) atoms. The highest BCUT2D eigenvalue weighted by Gasteiger charge is 2.14. The van der Waals surface area contributed by atoms with E-state index in [4.69, 9.17) is 0 Å². The monoisotopic (exact) mass is 331 g/mol. The van der Waals surface area contributed by atoms with Crippen molar-refractivity contribution in [3.8, 4) is 17.1 Å². The van der Waals surface area contributed by atoms with Gasteiger partial charge < -0.3 is 0 Å². The molecular weight excluding hydrogens is 321 g/mol. The summed E-state index contributed by atoms with van der Waals surface area (Å²) in [5, 5.41) is 9.00. The van der Waals surface area contributed by atoms with E-state index in [1.54, 1.807) is 12.1 Å². The van der Waals surface area contributed by atoms with Crippen LogP contribution in [-0.4, -0.2) is 14.8 Å². The molecule has 0 aliphatic heterocycles. The van der Waals surface area contributed by atoms with Gasteiger partial charge >= 0.3 is 0 Å². The van der Waals surface area contributed by atoms with Crippen LogP contribution in [0.5, 0.6) is 0 Å². The smallest absolute Gasteiger partial charge is 0.168 e. The molecule has 1 aromatic heterocycles. The zero-order valence-electron chi connectivity index (χ0n) is 10.5. The first-order chi connectivity index (χ1) is 9.79. The number of hydrogen-bond acceptors (Lipinski definition) is 2. The molecule has 2 aromatic carbocycles. The summed E-state index contributed by atoms with van der Waals surface area (Å²) in [5.74, 6) is 1.24. The normalized spacial score (nSPS) is 10.7. The molecule has 0 spiro atoms. The fourth-order valence-corrected chi connectivity index (χ4v) is 2.40. The molecule has 0 aliphatic rings. The van der Waals surface area contributed by atoms with Crippen LogP contribution >= 0.6 is 15.9 Å². The minimum Gasteiger partial charge on any atom is -0.278 e. The Bertz CT molecular complexity index is 708. The third-order valence-electron chi connectivity index (χ3n) is 2.97. The van der Waals surface area contributed by atoms with Gasteiger partial charge in [-0.2, -0.15) is 0 Å². The van der Waals surface area contributed by atoms with Crippen LogP contribution in [0.1, 0.15) is 5.82 Å². The molecule has 0 fully saturated rings. The van der Waals surface area contributed by atoms with Crippen molar-refractivity contribution in [3.05, 3.63) is 66.2 Å². The van der Waals surface area contributed by atoms with Crippen molar-refractivity contribution in [2.75, 3.05) is 0 Å². The molecule has 0 N–H and O–H groups in total. The van der Waals surface area contributed by atoms with Crippen molar-refractivity contribution in [2.45, 2.75) is 5.33 Å². The topological polar surface area (TPSA) is 30.7 Å². The van der Waals surface area contributed by atoms with Crippen LogP contribution in [0.4, 0.5) is 4.39 Å². The van der Waals surface area contributed by atoms with Crippen LogP contribution in [0.15, 0.2) is 54.6 Å². The fraction of sp³-hybridized carbons (Fsp3) is 0.0667. The number of rotatable bonds is 3. The van der Waals surface area contributed by atoms with Gasteiger partial charge in [0.25, 0.3) is 0 Å². The molecule has 5 heteroatoms. The summed E-state index contributed by atoms with van der Waals surface area (Å²) in [6.45, 7) is 0. The van der Waals surface area contributed by atoms with Gasteiger partial charge in [0.05, 0.1) is 5.33 Å². The molecule has 0 unspecified atom stereocenters. The van der Waals surface area contributed by atoms with Crippen LogP contribution in [0.2, 0.25) is 0 Å². The molecule has 0 saturated carbocycles. The van der Waals surface area contributed by atoms with Crippen molar-refractivity contribution in [1.82, 2.24) is 14.8 Å².